The van der Waals surface area contributed by atoms with Crippen LogP contribution in [0.1, 0.15) is 15.9 Å². The highest BCUT2D eigenvalue weighted by molar-refractivity contribution is 6.36. The molecule has 0 aliphatic rings. The number of rotatable bonds is 3. The molecule has 72 valence electrons. The Hall–Kier alpha value is -2.17. The molecule has 0 bridgehead atoms. The minimum absolute atomic E-state index is 0.108. The fraction of sp³-hybridized carbons (Fsp3) is 0. The van der Waals surface area contributed by atoms with Gasteiger partial charge in [0.15, 0.2) is 6.29 Å². The molecular weight excluding hydrogens is 186 g/mol. The predicted molar refractivity (Wildman–Crippen MR) is 47.8 cm³/mol. The first kappa shape index (κ1) is 9.91. The van der Waals surface area contributed by atoms with E-state index in [0.717, 1.165) is 0 Å². The lowest BCUT2D eigenvalue weighted by Gasteiger charge is -1.97. The Balaban J connectivity index is 3.05. The minimum atomic E-state index is -1.05. The van der Waals surface area contributed by atoms with Crippen LogP contribution in [0, 0.1) is 0 Å². The van der Waals surface area contributed by atoms with Gasteiger partial charge >= 0.3 is 5.97 Å². The van der Waals surface area contributed by atoms with E-state index in [2.05, 4.69) is 5.16 Å². The van der Waals surface area contributed by atoms with Crippen LogP contribution in [0.5, 0.6) is 0 Å². The van der Waals surface area contributed by atoms with Crippen LogP contribution in [0.4, 0.5) is 0 Å². The van der Waals surface area contributed by atoms with Crippen LogP contribution < -0.4 is 0 Å². The molecule has 0 aliphatic carbocycles. The second kappa shape index (κ2) is 4.18. The highest BCUT2D eigenvalue weighted by atomic mass is 16.4. The van der Waals surface area contributed by atoms with Crippen molar-refractivity contribution in [3.63, 3.8) is 0 Å². The van der Waals surface area contributed by atoms with E-state index in [4.69, 9.17) is 10.3 Å². The Labute approximate surface area is 79.3 Å². The Bertz CT molecular complexity index is 380. The fourth-order valence-electron chi connectivity index (χ4n) is 0.933. The lowest BCUT2D eigenvalue weighted by atomic mass is 10.1. The molecule has 0 saturated carbocycles. The van der Waals surface area contributed by atoms with Crippen LogP contribution in [-0.2, 0) is 4.79 Å². The summed E-state index contributed by atoms with van der Waals surface area (Å²) in [5, 5.41) is 19.7. The Morgan fingerprint density at radius 3 is 2.07 bits per heavy atom. The molecule has 14 heavy (non-hydrogen) atoms. The molecular formula is C9H7NO4. The van der Waals surface area contributed by atoms with Crippen LogP contribution in [0.2, 0.25) is 0 Å². The summed E-state index contributed by atoms with van der Waals surface area (Å²) in [5.74, 6) is -1.05. The van der Waals surface area contributed by atoms with Gasteiger partial charge in [0.1, 0.15) is 5.71 Å². The summed E-state index contributed by atoms with van der Waals surface area (Å²) in [4.78, 5) is 20.8. The third-order valence-corrected chi connectivity index (χ3v) is 1.65. The average Bonchev–Trinajstić information content (AvgIpc) is 2.20. The molecule has 0 heterocycles. The summed E-state index contributed by atoms with van der Waals surface area (Å²) in [6.07, 6.45) is 0.385. The zero-order valence-electron chi connectivity index (χ0n) is 7.04. The number of nitrogens with zero attached hydrogens (tertiary/aromatic N) is 1. The van der Waals surface area contributed by atoms with Gasteiger partial charge in [-0.15, -0.1) is 0 Å². The molecule has 0 saturated heterocycles. The number of aldehydes is 1. The summed E-state index contributed by atoms with van der Waals surface area (Å²) >= 11 is 0. The van der Waals surface area contributed by atoms with Gasteiger partial charge in [-0.3, -0.25) is 4.79 Å². The number of hydrogen-bond acceptors (Lipinski definition) is 4. The van der Waals surface area contributed by atoms with Gasteiger partial charge in [0.25, 0.3) is 0 Å². The highest BCUT2D eigenvalue weighted by Gasteiger charge is 2.05. The molecule has 0 spiro atoms. The summed E-state index contributed by atoms with van der Waals surface area (Å²) in [6, 6.07) is 5.44. The smallest absolute Gasteiger partial charge is 0.335 e. The van der Waals surface area contributed by atoms with Gasteiger partial charge in [-0.2, -0.15) is 0 Å². The molecule has 0 fully saturated rings. The topological polar surface area (TPSA) is 87.0 Å². The molecule has 0 aliphatic heterocycles. The van der Waals surface area contributed by atoms with E-state index in [-0.39, 0.29) is 11.3 Å². The second-order valence-corrected chi connectivity index (χ2v) is 2.49. The summed E-state index contributed by atoms with van der Waals surface area (Å²) < 4.78 is 0. The van der Waals surface area contributed by atoms with Crippen LogP contribution in [0.25, 0.3) is 0 Å². The molecule has 0 radical (unpaired) electrons. The van der Waals surface area contributed by atoms with E-state index in [1.54, 1.807) is 0 Å². The van der Waals surface area contributed by atoms with Crippen LogP contribution in [0.3, 0.4) is 0 Å². The van der Waals surface area contributed by atoms with Gasteiger partial charge in [-0.25, -0.2) is 4.79 Å². The number of hydrogen-bond donors (Lipinski definition) is 2. The average molecular weight is 193 g/mol. The predicted octanol–water partition coefficient (Wildman–Crippen LogP) is 0.762. The van der Waals surface area contributed by atoms with Crippen LogP contribution >= 0.6 is 0 Å². The van der Waals surface area contributed by atoms with Gasteiger partial charge in [0.2, 0.25) is 0 Å². The van der Waals surface area contributed by atoms with Gasteiger partial charge in [-0.05, 0) is 12.1 Å². The number of carbonyl (C=O) groups excluding carboxylic acids is 1. The summed E-state index contributed by atoms with van der Waals surface area (Å²) in [7, 11) is 0. The van der Waals surface area contributed by atoms with Gasteiger partial charge < -0.3 is 10.3 Å². The summed E-state index contributed by atoms with van der Waals surface area (Å²) in [6.45, 7) is 0. The number of carboxylic acid groups (broad SMARTS) is 1. The first-order valence-corrected chi connectivity index (χ1v) is 3.70. The zero-order chi connectivity index (χ0) is 10.6. The van der Waals surface area contributed by atoms with Crippen molar-refractivity contribution in [3.05, 3.63) is 35.4 Å². The van der Waals surface area contributed by atoms with E-state index >= 15 is 0 Å². The third kappa shape index (κ3) is 1.95. The molecule has 1 rings (SSSR count). The van der Waals surface area contributed by atoms with E-state index in [1.165, 1.54) is 24.3 Å². The Kier molecular flexibility index (Phi) is 2.96. The lowest BCUT2D eigenvalue weighted by molar-refractivity contribution is -0.102. The third-order valence-electron chi connectivity index (χ3n) is 1.65. The monoisotopic (exact) mass is 193 g/mol. The molecule has 2 N–H and O–H groups in total. The maximum atomic E-state index is 10.5. The number of benzene rings is 1. The second-order valence-electron chi connectivity index (χ2n) is 2.49. The van der Waals surface area contributed by atoms with E-state index in [9.17, 15) is 9.59 Å². The van der Waals surface area contributed by atoms with Crippen molar-refractivity contribution in [3.8, 4) is 0 Å². The van der Waals surface area contributed by atoms with Crippen molar-refractivity contribution in [2.24, 2.45) is 5.16 Å². The Morgan fingerprint density at radius 2 is 1.71 bits per heavy atom. The van der Waals surface area contributed by atoms with E-state index < -0.39 is 5.97 Å². The normalized spacial score (nSPS) is 11.0. The zero-order valence-corrected chi connectivity index (χ0v) is 7.04. The first-order valence-electron chi connectivity index (χ1n) is 3.70. The number of oxime groups is 1. The minimum Gasteiger partial charge on any atom is -0.478 e. The molecule has 0 aromatic heterocycles. The van der Waals surface area contributed by atoms with Gasteiger partial charge in [-0.1, -0.05) is 17.3 Å². The quantitative estimate of drug-likeness (QED) is 0.321. The summed E-state index contributed by atoms with van der Waals surface area (Å²) in [5.41, 5.74) is 0.339. The SMILES string of the molecule is O=C/C(=N/O)c1ccc(C(=O)O)cc1. The number of carboxylic acids is 1. The molecule has 1 aromatic carbocycles. The van der Waals surface area contributed by atoms with Crippen molar-refractivity contribution in [1.82, 2.24) is 0 Å². The molecule has 1 aromatic rings. The van der Waals surface area contributed by atoms with Gasteiger partial charge in [0.05, 0.1) is 5.56 Å². The van der Waals surface area contributed by atoms with Crippen molar-refractivity contribution < 1.29 is 19.9 Å². The fourth-order valence-corrected chi connectivity index (χ4v) is 0.933. The molecule has 0 unspecified atom stereocenters. The lowest BCUT2D eigenvalue weighted by Crippen LogP contribution is -2.03. The van der Waals surface area contributed by atoms with Crippen molar-refractivity contribution in [2.45, 2.75) is 0 Å². The maximum absolute atomic E-state index is 10.5. The first-order chi connectivity index (χ1) is 6.69. The Morgan fingerprint density at radius 1 is 1.21 bits per heavy atom. The highest BCUT2D eigenvalue weighted by Crippen LogP contribution is 2.04. The number of carbonyl (C=O) groups is 2. The van der Waals surface area contributed by atoms with E-state index in [1.807, 2.05) is 0 Å². The van der Waals surface area contributed by atoms with Crippen molar-refractivity contribution in [2.75, 3.05) is 0 Å². The maximum Gasteiger partial charge on any atom is 0.335 e. The van der Waals surface area contributed by atoms with Crippen molar-refractivity contribution >= 4 is 18.0 Å². The molecule has 5 nitrogen and oxygen atoms in total. The molecule has 0 amide bonds. The van der Waals surface area contributed by atoms with Gasteiger partial charge in [0, 0.05) is 5.56 Å². The number of aromatic carboxylic acids is 1. The van der Waals surface area contributed by atoms with Crippen LogP contribution in [0.15, 0.2) is 29.4 Å². The molecule has 5 heteroatoms. The molecule has 0 atom stereocenters. The largest absolute Gasteiger partial charge is 0.478 e. The standard InChI is InChI=1S/C9H7NO4/c11-5-8(10-14)6-1-3-7(4-2-6)9(12)13/h1-5,14H,(H,12,13)/b10-8-. The van der Waals surface area contributed by atoms with Crippen LogP contribution in [-0.4, -0.2) is 28.3 Å². The van der Waals surface area contributed by atoms with Crippen molar-refractivity contribution in [1.29, 1.82) is 0 Å². The van der Waals surface area contributed by atoms with E-state index in [0.29, 0.717) is 11.8 Å².